The van der Waals surface area contributed by atoms with Crippen LogP contribution in [0.15, 0.2) is 53.7 Å². The van der Waals surface area contributed by atoms with E-state index in [1.54, 1.807) is 24.3 Å². The maximum Gasteiger partial charge on any atom is 0.363 e. The van der Waals surface area contributed by atoms with Gasteiger partial charge in [-0.05, 0) is 29.8 Å². The average Bonchev–Trinajstić information content (AvgIpc) is 2.85. The van der Waals surface area contributed by atoms with Crippen LogP contribution in [0.1, 0.15) is 36.6 Å². The number of nitrogens with zero attached hydrogens (tertiary/aromatic N) is 2. The molecule has 2 amide bonds. The first-order chi connectivity index (χ1) is 11.6. The molecule has 1 heterocycles. The summed E-state index contributed by atoms with van der Waals surface area (Å²) in [7, 11) is 1.42. The molecule has 0 spiro atoms. The number of amides is 2. The standard InChI is InChI=1S/C17H12N2O5/c1-23-18-10-11-6-8-12(9-7-11)17(22)24-19-15(20)13-4-2-3-5-14(13)16(19)21/h2-10H,1H3/b18-10+. The van der Waals surface area contributed by atoms with Gasteiger partial charge in [0.25, 0.3) is 11.8 Å². The summed E-state index contributed by atoms with van der Waals surface area (Å²) in [4.78, 5) is 46.0. The van der Waals surface area contributed by atoms with Gasteiger partial charge in [0.1, 0.15) is 7.11 Å². The van der Waals surface area contributed by atoms with E-state index in [2.05, 4.69) is 9.99 Å². The van der Waals surface area contributed by atoms with Crippen molar-refractivity contribution < 1.29 is 24.1 Å². The van der Waals surface area contributed by atoms with Crippen LogP contribution in [0.25, 0.3) is 0 Å². The molecule has 0 N–H and O–H groups in total. The molecule has 7 nitrogen and oxygen atoms in total. The smallest absolute Gasteiger partial charge is 0.363 e. The second kappa shape index (κ2) is 6.33. The van der Waals surface area contributed by atoms with Crippen molar-refractivity contribution in [2.24, 2.45) is 5.16 Å². The van der Waals surface area contributed by atoms with Crippen molar-refractivity contribution in [1.29, 1.82) is 0 Å². The number of imide groups is 1. The molecule has 1 aliphatic heterocycles. The number of rotatable bonds is 4. The Kier molecular flexibility index (Phi) is 4.07. The lowest BCUT2D eigenvalue weighted by molar-refractivity contribution is -0.0584. The van der Waals surface area contributed by atoms with Gasteiger partial charge in [0.05, 0.1) is 22.9 Å². The van der Waals surface area contributed by atoms with Gasteiger partial charge in [0, 0.05) is 0 Å². The van der Waals surface area contributed by atoms with E-state index >= 15 is 0 Å². The van der Waals surface area contributed by atoms with Gasteiger partial charge in [-0.2, -0.15) is 0 Å². The Morgan fingerprint density at radius 3 is 2.12 bits per heavy atom. The Morgan fingerprint density at radius 1 is 1.00 bits per heavy atom. The van der Waals surface area contributed by atoms with E-state index in [0.717, 1.165) is 0 Å². The molecule has 0 aromatic heterocycles. The molecule has 0 unspecified atom stereocenters. The molecular formula is C17H12N2O5. The fourth-order valence-corrected chi connectivity index (χ4v) is 2.20. The molecule has 3 rings (SSSR count). The molecule has 7 heteroatoms. The van der Waals surface area contributed by atoms with Crippen LogP contribution in [-0.2, 0) is 9.68 Å². The maximum absolute atomic E-state index is 12.1. The Labute approximate surface area is 137 Å². The van der Waals surface area contributed by atoms with Crippen molar-refractivity contribution in [1.82, 2.24) is 5.06 Å². The highest BCUT2D eigenvalue weighted by atomic mass is 16.7. The van der Waals surface area contributed by atoms with Crippen LogP contribution < -0.4 is 0 Å². The Morgan fingerprint density at radius 2 is 1.58 bits per heavy atom. The Balaban J connectivity index is 1.75. The van der Waals surface area contributed by atoms with Gasteiger partial charge < -0.3 is 9.68 Å². The number of carbonyl (C=O) groups is 3. The monoisotopic (exact) mass is 324 g/mol. The van der Waals surface area contributed by atoms with Crippen LogP contribution in [0.2, 0.25) is 0 Å². The zero-order valence-corrected chi connectivity index (χ0v) is 12.6. The van der Waals surface area contributed by atoms with E-state index in [1.165, 1.54) is 37.6 Å². The Hall–Kier alpha value is -3.48. The first-order valence-corrected chi connectivity index (χ1v) is 6.98. The van der Waals surface area contributed by atoms with E-state index < -0.39 is 17.8 Å². The molecule has 24 heavy (non-hydrogen) atoms. The number of hydrogen-bond donors (Lipinski definition) is 0. The van der Waals surface area contributed by atoms with Crippen LogP contribution >= 0.6 is 0 Å². The second-order valence-electron chi connectivity index (χ2n) is 4.87. The Bertz CT molecular complexity index is 807. The lowest BCUT2D eigenvalue weighted by Crippen LogP contribution is -2.32. The van der Waals surface area contributed by atoms with Crippen molar-refractivity contribution in [3.63, 3.8) is 0 Å². The van der Waals surface area contributed by atoms with Crippen molar-refractivity contribution >= 4 is 24.0 Å². The summed E-state index contributed by atoms with van der Waals surface area (Å²) >= 11 is 0. The van der Waals surface area contributed by atoms with Crippen molar-refractivity contribution in [3.8, 4) is 0 Å². The molecule has 120 valence electrons. The SMILES string of the molecule is CO/N=C/c1ccc(C(=O)ON2C(=O)c3ccccc3C2=O)cc1. The number of hydrogen-bond acceptors (Lipinski definition) is 6. The molecule has 0 aliphatic carbocycles. The van der Waals surface area contributed by atoms with Gasteiger partial charge in [0.2, 0.25) is 0 Å². The highest BCUT2D eigenvalue weighted by Crippen LogP contribution is 2.23. The summed E-state index contributed by atoms with van der Waals surface area (Å²) in [6, 6.07) is 12.5. The van der Waals surface area contributed by atoms with Gasteiger partial charge in [-0.1, -0.05) is 34.5 Å². The fourth-order valence-electron chi connectivity index (χ4n) is 2.20. The topological polar surface area (TPSA) is 85.3 Å². The van der Waals surface area contributed by atoms with Crippen molar-refractivity contribution in [2.45, 2.75) is 0 Å². The minimum Gasteiger partial charge on any atom is -0.399 e. The van der Waals surface area contributed by atoms with Crippen molar-refractivity contribution in [2.75, 3.05) is 7.11 Å². The van der Waals surface area contributed by atoms with E-state index in [1.807, 2.05) is 0 Å². The minimum absolute atomic E-state index is 0.195. The predicted octanol–water partition coefficient (Wildman–Crippen LogP) is 2.03. The molecule has 0 bridgehead atoms. The third kappa shape index (κ3) is 2.74. The van der Waals surface area contributed by atoms with Crippen molar-refractivity contribution in [3.05, 3.63) is 70.8 Å². The van der Waals surface area contributed by atoms with E-state index in [4.69, 9.17) is 4.84 Å². The predicted molar refractivity (Wildman–Crippen MR) is 83.4 cm³/mol. The van der Waals surface area contributed by atoms with Gasteiger partial charge in [0.15, 0.2) is 0 Å². The lowest BCUT2D eigenvalue weighted by Gasteiger charge is -2.12. The summed E-state index contributed by atoms with van der Waals surface area (Å²) in [5.41, 5.74) is 1.33. The number of hydroxylamine groups is 2. The zero-order chi connectivity index (χ0) is 17.1. The van der Waals surface area contributed by atoms with Gasteiger partial charge in [-0.25, -0.2) is 4.79 Å². The molecule has 0 saturated heterocycles. The highest BCUT2D eigenvalue weighted by Gasteiger charge is 2.38. The third-order valence-corrected chi connectivity index (χ3v) is 3.38. The fraction of sp³-hybridized carbons (Fsp3) is 0.0588. The maximum atomic E-state index is 12.1. The summed E-state index contributed by atoms with van der Waals surface area (Å²) in [5.74, 6) is -2.12. The number of benzene rings is 2. The molecule has 1 aliphatic rings. The molecule has 0 atom stereocenters. The highest BCUT2D eigenvalue weighted by molar-refractivity contribution is 6.21. The zero-order valence-electron chi connectivity index (χ0n) is 12.6. The number of carbonyl (C=O) groups excluding carboxylic acids is 3. The molecule has 2 aromatic rings. The van der Waals surface area contributed by atoms with E-state index in [9.17, 15) is 14.4 Å². The third-order valence-electron chi connectivity index (χ3n) is 3.38. The quantitative estimate of drug-likeness (QED) is 0.488. The van der Waals surface area contributed by atoms with E-state index in [-0.39, 0.29) is 16.7 Å². The van der Waals surface area contributed by atoms with Gasteiger partial charge in [-0.15, -0.1) is 0 Å². The summed E-state index contributed by atoms with van der Waals surface area (Å²) < 4.78 is 0. The first kappa shape index (κ1) is 15.4. The summed E-state index contributed by atoms with van der Waals surface area (Å²) in [5, 5.41) is 4.08. The molecule has 2 aromatic carbocycles. The van der Waals surface area contributed by atoms with E-state index in [0.29, 0.717) is 10.6 Å². The van der Waals surface area contributed by atoms with Gasteiger partial charge in [-0.3, -0.25) is 9.59 Å². The minimum atomic E-state index is -0.806. The number of fused-ring (bicyclic) bond motifs is 1. The van der Waals surface area contributed by atoms with Crippen LogP contribution in [0, 0.1) is 0 Å². The second-order valence-corrected chi connectivity index (χ2v) is 4.87. The van der Waals surface area contributed by atoms with Crippen LogP contribution in [0.3, 0.4) is 0 Å². The summed E-state index contributed by atoms with van der Waals surface area (Å²) in [6.07, 6.45) is 1.47. The van der Waals surface area contributed by atoms with Gasteiger partial charge >= 0.3 is 5.97 Å². The van der Waals surface area contributed by atoms with Crippen LogP contribution in [-0.4, -0.2) is 36.2 Å². The first-order valence-electron chi connectivity index (χ1n) is 6.98. The van der Waals surface area contributed by atoms with Crippen LogP contribution in [0.5, 0.6) is 0 Å². The summed E-state index contributed by atoms with van der Waals surface area (Å²) in [6.45, 7) is 0. The van der Waals surface area contributed by atoms with Crippen LogP contribution in [0.4, 0.5) is 0 Å². The molecule has 0 saturated carbocycles. The average molecular weight is 324 g/mol. The largest absolute Gasteiger partial charge is 0.399 e. The number of oxime groups is 1. The molecule has 0 fully saturated rings. The molecular weight excluding hydrogens is 312 g/mol. The molecule has 0 radical (unpaired) electrons. The lowest BCUT2D eigenvalue weighted by atomic mass is 10.1. The normalized spacial score (nSPS) is 13.3.